The van der Waals surface area contributed by atoms with Gasteiger partial charge < -0.3 is 39.7 Å². The summed E-state index contributed by atoms with van der Waals surface area (Å²) in [5.41, 5.74) is 0.559. The molecule has 0 bridgehead atoms. The first-order valence-corrected chi connectivity index (χ1v) is 11.9. The van der Waals surface area contributed by atoms with Crippen LogP contribution in [0.2, 0.25) is 0 Å². The first-order chi connectivity index (χ1) is 19.0. The van der Waals surface area contributed by atoms with Crippen molar-refractivity contribution in [2.45, 2.75) is 13.8 Å². The van der Waals surface area contributed by atoms with Crippen LogP contribution in [0.1, 0.15) is 13.8 Å². The summed E-state index contributed by atoms with van der Waals surface area (Å²) in [4.78, 5) is 46.9. The molecule has 2 aromatic carbocycles. The van der Waals surface area contributed by atoms with Gasteiger partial charge >= 0.3 is 23.9 Å². The molecule has 0 radical (unpaired) electrons. The molecule has 0 aliphatic carbocycles. The van der Waals surface area contributed by atoms with Gasteiger partial charge in [-0.2, -0.15) is 0 Å². The van der Waals surface area contributed by atoms with Crippen LogP contribution in [-0.2, 0) is 19.2 Å². The third kappa shape index (κ3) is 14.7. The quantitative estimate of drug-likeness (QED) is 0.185. The number of anilines is 2. The second-order valence-corrected chi connectivity index (χ2v) is 7.74. The lowest BCUT2D eigenvalue weighted by molar-refractivity contribution is -0.138. The normalized spacial score (nSPS) is 9.35. The molecule has 0 saturated heterocycles. The van der Waals surface area contributed by atoms with Crippen molar-refractivity contribution in [3.05, 3.63) is 73.8 Å². The zero-order valence-corrected chi connectivity index (χ0v) is 22.6. The molecule has 218 valence electrons. The van der Waals surface area contributed by atoms with Crippen LogP contribution in [-0.4, -0.2) is 83.7 Å². The SMILES string of the molecule is C=CC.C=CC.O=C(O)CN(CC(=O)O)c1ccccc1OCCOc1ccccc1N(CC(=O)O)CC(=O)O. The molecular weight excluding hydrogens is 524 g/mol. The van der Waals surface area contributed by atoms with Gasteiger partial charge in [0.25, 0.3) is 0 Å². The summed E-state index contributed by atoms with van der Waals surface area (Å²) < 4.78 is 11.4. The number of carboxylic acids is 4. The average molecular weight is 561 g/mol. The zero-order chi connectivity index (χ0) is 30.5. The van der Waals surface area contributed by atoms with Crippen LogP contribution >= 0.6 is 0 Å². The van der Waals surface area contributed by atoms with Crippen LogP contribution in [0, 0.1) is 0 Å². The molecule has 0 atom stereocenters. The number of hydrogen-bond acceptors (Lipinski definition) is 8. The zero-order valence-electron chi connectivity index (χ0n) is 22.6. The van der Waals surface area contributed by atoms with Crippen LogP contribution in [0.5, 0.6) is 11.5 Å². The minimum absolute atomic E-state index is 0.0167. The molecule has 0 aliphatic heterocycles. The van der Waals surface area contributed by atoms with E-state index in [0.29, 0.717) is 0 Å². The number of carboxylic acid groups (broad SMARTS) is 4. The van der Waals surface area contributed by atoms with Gasteiger partial charge in [-0.3, -0.25) is 19.2 Å². The number of hydrogen-bond donors (Lipinski definition) is 4. The van der Waals surface area contributed by atoms with E-state index in [1.54, 1.807) is 48.6 Å². The fourth-order valence-electron chi connectivity index (χ4n) is 3.09. The van der Waals surface area contributed by atoms with Gasteiger partial charge in [-0.15, -0.1) is 13.2 Å². The number of carbonyl (C=O) groups is 4. The van der Waals surface area contributed by atoms with Crippen LogP contribution in [0.15, 0.2) is 73.8 Å². The van der Waals surface area contributed by atoms with E-state index in [0.717, 1.165) is 9.80 Å². The van der Waals surface area contributed by atoms with Gasteiger partial charge in [0, 0.05) is 0 Å². The van der Waals surface area contributed by atoms with E-state index >= 15 is 0 Å². The Morgan fingerprint density at radius 1 is 0.625 bits per heavy atom. The average Bonchev–Trinajstić information content (AvgIpc) is 2.86. The fourth-order valence-corrected chi connectivity index (χ4v) is 3.09. The van der Waals surface area contributed by atoms with E-state index in [1.165, 1.54) is 12.1 Å². The minimum Gasteiger partial charge on any atom is -0.488 e. The van der Waals surface area contributed by atoms with Crippen molar-refractivity contribution >= 4 is 35.3 Å². The van der Waals surface area contributed by atoms with Gasteiger partial charge in [0.1, 0.15) is 50.9 Å². The smallest absolute Gasteiger partial charge is 0.323 e. The Morgan fingerprint density at radius 3 is 1.12 bits per heavy atom. The van der Waals surface area contributed by atoms with Crippen LogP contribution < -0.4 is 19.3 Å². The largest absolute Gasteiger partial charge is 0.488 e. The Bertz CT molecular complexity index is 1000. The number of rotatable bonds is 15. The molecule has 12 nitrogen and oxygen atoms in total. The lowest BCUT2D eigenvalue weighted by atomic mass is 10.2. The standard InChI is InChI=1S/C22H24N2O10.2C3H6/c25-19(26)11-23(12-20(27)28)15-5-1-3-7-17(15)33-9-10-34-18-8-4-2-6-16(18)24(13-21(29)30)14-22(31)32;2*1-3-2/h1-8H,9-14H2,(H,25,26)(H,27,28)(H,29,30)(H,31,32);2*3H,1H2,2H3. The third-order valence-electron chi connectivity index (χ3n) is 4.31. The third-order valence-corrected chi connectivity index (χ3v) is 4.31. The maximum atomic E-state index is 11.1. The number of allylic oxidation sites excluding steroid dienone is 2. The topological polar surface area (TPSA) is 174 Å². The Morgan fingerprint density at radius 2 is 0.875 bits per heavy atom. The predicted octanol–water partition coefficient (Wildman–Crippen LogP) is 3.48. The van der Waals surface area contributed by atoms with Crippen molar-refractivity contribution in [2.75, 3.05) is 49.2 Å². The highest BCUT2D eigenvalue weighted by molar-refractivity contribution is 5.81. The van der Waals surface area contributed by atoms with Gasteiger partial charge in [-0.05, 0) is 38.1 Å². The Labute approximate surface area is 233 Å². The number of benzene rings is 2. The maximum Gasteiger partial charge on any atom is 0.323 e. The van der Waals surface area contributed by atoms with E-state index in [1.807, 2.05) is 13.8 Å². The van der Waals surface area contributed by atoms with E-state index in [2.05, 4.69) is 13.2 Å². The molecule has 0 amide bonds. The molecule has 4 N–H and O–H groups in total. The lowest BCUT2D eigenvalue weighted by Gasteiger charge is -2.24. The number of ether oxygens (including phenoxy) is 2. The molecule has 0 aliphatic rings. The van der Waals surface area contributed by atoms with E-state index in [-0.39, 0.29) is 36.1 Å². The summed E-state index contributed by atoms with van der Waals surface area (Å²) in [5, 5.41) is 36.4. The summed E-state index contributed by atoms with van der Waals surface area (Å²) in [7, 11) is 0. The second-order valence-electron chi connectivity index (χ2n) is 7.74. The van der Waals surface area contributed by atoms with Gasteiger partial charge in [0.2, 0.25) is 0 Å². The fraction of sp³-hybridized carbons (Fsp3) is 0.286. The summed E-state index contributed by atoms with van der Waals surface area (Å²) in [5.74, 6) is -4.32. The monoisotopic (exact) mass is 560 g/mol. The van der Waals surface area contributed by atoms with Crippen LogP contribution in [0.25, 0.3) is 0 Å². The summed E-state index contributed by atoms with van der Waals surface area (Å²) in [6.45, 7) is 8.30. The van der Waals surface area contributed by atoms with Gasteiger partial charge in [-0.25, -0.2) is 0 Å². The Hall–Kier alpha value is -5.00. The van der Waals surface area contributed by atoms with Gasteiger partial charge in [0.05, 0.1) is 11.4 Å². The molecule has 12 heteroatoms. The highest BCUT2D eigenvalue weighted by Crippen LogP contribution is 2.29. The molecule has 0 unspecified atom stereocenters. The van der Waals surface area contributed by atoms with Crippen molar-refractivity contribution in [1.29, 1.82) is 0 Å². The maximum absolute atomic E-state index is 11.1. The Balaban J connectivity index is 0.00000232. The molecule has 0 fully saturated rings. The summed E-state index contributed by atoms with van der Waals surface area (Å²) >= 11 is 0. The lowest BCUT2D eigenvalue weighted by Crippen LogP contribution is -2.35. The summed E-state index contributed by atoms with van der Waals surface area (Å²) in [6.07, 6.45) is 3.50. The first kappa shape index (κ1) is 35.0. The van der Waals surface area contributed by atoms with Crippen molar-refractivity contribution < 1.29 is 49.1 Å². The first-order valence-electron chi connectivity index (χ1n) is 11.9. The molecule has 40 heavy (non-hydrogen) atoms. The molecule has 0 aromatic heterocycles. The van der Waals surface area contributed by atoms with E-state index in [9.17, 15) is 19.2 Å². The molecule has 0 saturated carbocycles. The second kappa shape index (κ2) is 20.0. The van der Waals surface area contributed by atoms with Crippen LogP contribution in [0.4, 0.5) is 11.4 Å². The predicted molar refractivity (Wildman–Crippen MR) is 151 cm³/mol. The minimum atomic E-state index is -1.21. The Kier molecular flexibility index (Phi) is 17.5. The number of aliphatic carboxylic acids is 4. The molecule has 2 rings (SSSR count). The number of nitrogens with zero attached hydrogens (tertiary/aromatic N) is 2. The van der Waals surface area contributed by atoms with Crippen molar-refractivity contribution in [3.8, 4) is 11.5 Å². The highest BCUT2D eigenvalue weighted by Gasteiger charge is 2.19. The highest BCUT2D eigenvalue weighted by atomic mass is 16.5. The van der Waals surface area contributed by atoms with Crippen molar-refractivity contribution in [2.24, 2.45) is 0 Å². The molecule has 0 spiro atoms. The van der Waals surface area contributed by atoms with Crippen molar-refractivity contribution in [1.82, 2.24) is 0 Å². The van der Waals surface area contributed by atoms with Gasteiger partial charge in [0.15, 0.2) is 0 Å². The molecule has 0 heterocycles. The summed E-state index contributed by atoms with van der Waals surface area (Å²) in [6, 6.07) is 12.7. The van der Waals surface area contributed by atoms with Gasteiger partial charge in [-0.1, -0.05) is 36.4 Å². The molecular formula is C28H36N2O10. The van der Waals surface area contributed by atoms with Crippen molar-refractivity contribution in [3.63, 3.8) is 0 Å². The van der Waals surface area contributed by atoms with E-state index < -0.39 is 50.1 Å². The number of para-hydroxylation sites is 4. The van der Waals surface area contributed by atoms with Crippen LogP contribution in [0.3, 0.4) is 0 Å². The van der Waals surface area contributed by atoms with E-state index in [4.69, 9.17) is 29.9 Å². The molecule has 2 aromatic rings.